The highest BCUT2D eigenvalue weighted by atomic mass is 16.8. The number of anilines is 1. The maximum absolute atomic E-state index is 13.1. The van der Waals surface area contributed by atoms with Crippen LogP contribution in [0, 0.1) is 0 Å². The second kappa shape index (κ2) is 11.9. The van der Waals surface area contributed by atoms with Gasteiger partial charge in [0.25, 0.3) is 5.91 Å². The van der Waals surface area contributed by atoms with Crippen LogP contribution in [0.2, 0.25) is 0 Å². The molecular weight excluding hydrogens is 440 g/mol. The predicted octanol–water partition coefficient (Wildman–Crippen LogP) is 5.79. The van der Waals surface area contributed by atoms with Crippen molar-refractivity contribution in [1.82, 2.24) is 5.32 Å². The van der Waals surface area contributed by atoms with Gasteiger partial charge in [0.15, 0.2) is 0 Å². The lowest BCUT2D eigenvalue weighted by atomic mass is 9.98. The highest BCUT2D eigenvalue weighted by Crippen LogP contribution is 2.33. The van der Waals surface area contributed by atoms with Gasteiger partial charge < -0.3 is 19.5 Å². The molecule has 0 saturated carbocycles. The molecule has 0 fully saturated rings. The van der Waals surface area contributed by atoms with E-state index >= 15 is 0 Å². The fourth-order valence-electron chi connectivity index (χ4n) is 2.82. The third-order valence-corrected chi connectivity index (χ3v) is 3.82. The largest absolute Gasteiger partial charge is 0.534 e. The lowest BCUT2D eigenvalue weighted by molar-refractivity contribution is -0.128. The van der Waals surface area contributed by atoms with Gasteiger partial charge in [-0.3, -0.25) is 9.63 Å². The third-order valence-electron chi connectivity index (χ3n) is 3.82. The number of nitrogens with one attached hydrogen (secondary N) is 1. The number of hydroxylamine groups is 1. The van der Waals surface area contributed by atoms with E-state index in [4.69, 9.17) is 19.0 Å². The Morgan fingerprint density at radius 1 is 1.09 bits per heavy atom. The summed E-state index contributed by atoms with van der Waals surface area (Å²) >= 11 is 0. The Kier molecular flexibility index (Phi) is 10.2. The molecule has 0 unspecified atom stereocenters. The number of hydrogen-bond acceptors (Lipinski definition) is 7. The van der Waals surface area contributed by atoms with Gasteiger partial charge in [0.1, 0.15) is 23.0 Å². The van der Waals surface area contributed by atoms with E-state index in [0.29, 0.717) is 17.0 Å². The van der Waals surface area contributed by atoms with Crippen LogP contribution in [0.3, 0.4) is 0 Å². The average molecular weight is 483 g/mol. The molecule has 0 radical (unpaired) electrons. The molecule has 1 N–H and O–H groups in total. The number of carbonyl (C=O) groups is 3. The molecule has 2 amide bonds. The Morgan fingerprint density at radius 2 is 1.65 bits per heavy atom. The first-order valence-corrected chi connectivity index (χ1v) is 11.6. The van der Waals surface area contributed by atoms with Crippen LogP contribution in [-0.2, 0) is 25.5 Å². The highest BCUT2D eigenvalue weighted by Gasteiger charge is 2.38. The summed E-state index contributed by atoms with van der Waals surface area (Å²) in [5, 5.41) is 3.38. The first-order chi connectivity index (χ1) is 15.6. The van der Waals surface area contributed by atoms with Crippen molar-refractivity contribution in [3.63, 3.8) is 0 Å². The summed E-state index contributed by atoms with van der Waals surface area (Å²) in [6.07, 6.45) is -0.422. The van der Waals surface area contributed by atoms with Crippen LogP contribution in [-0.4, -0.2) is 41.5 Å². The molecule has 9 nitrogen and oxygen atoms in total. The van der Waals surface area contributed by atoms with E-state index in [1.165, 1.54) is 6.42 Å². The van der Waals surface area contributed by atoms with Crippen LogP contribution in [0.1, 0.15) is 82.6 Å². The lowest BCUT2D eigenvalue weighted by Gasteiger charge is -2.33. The number of amides is 2. The van der Waals surface area contributed by atoms with Crippen molar-refractivity contribution in [2.75, 3.05) is 5.06 Å². The number of benzene rings is 1. The minimum atomic E-state index is -1.04. The molecule has 0 saturated heterocycles. The maximum Gasteiger partial charge on any atom is 0.534 e. The van der Waals surface area contributed by atoms with Crippen molar-refractivity contribution in [2.24, 2.45) is 0 Å². The molecule has 1 aliphatic rings. The van der Waals surface area contributed by atoms with Gasteiger partial charge in [-0.05, 0) is 67.0 Å². The number of fused-ring (bicyclic) bond motifs is 1. The fourth-order valence-corrected chi connectivity index (χ4v) is 2.82. The van der Waals surface area contributed by atoms with Crippen LogP contribution in [0.15, 0.2) is 18.2 Å². The Bertz CT molecular complexity index is 860. The Balaban J connectivity index is 0.00000274. The van der Waals surface area contributed by atoms with Crippen LogP contribution in [0.5, 0.6) is 5.75 Å². The first kappa shape index (κ1) is 29.1. The van der Waals surface area contributed by atoms with Gasteiger partial charge in [-0.25, -0.2) is 9.59 Å². The minimum Gasteiger partial charge on any atom is -0.491 e. The molecular formula is C25H42N2O7. The van der Waals surface area contributed by atoms with Crippen molar-refractivity contribution in [1.29, 1.82) is 0 Å². The van der Waals surface area contributed by atoms with Gasteiger partial charge in [0.05, 0.1) is 11.8 Å². The van der Waals surface area contributed by atoms with Crippen molar-refractivity contribution >= 4 is 23.8 Å². The predicted molar refractivity (Wildman–Crippen MR) is 132 cm³/mol. The second-order valence-corrected chi connectivity index (χ2v) is 10.3. The van der Waals surface area contributed by atoms with Gasteiger partial charge in [-0.1, -0.05) is 26.3 Å². The van der Waals surface area contributed by atoms with Gasteiger partial charge in [0, 0.05) is 13.9 Å². The molecule has 0 aromatic heterocycles. The SMILES string of the molecule is CC(C)Oc1ccc2c(c1)N(OC(=O)OC(C)(C)C)C(=O)[C@@H](NC(=O)OC(C)(C)C)C2.CCC.[HH]. The van der Waals surface area contributed by atoms with Crippen molar-refractivity contribution in [3.05, 3.63) is 23.8 Å². The van der Waals surface area contributed by atoms with E-state index in [1.807, 2.05) is 13.8 Å². The summed E-state index contributed by atoms with van der Waals surface area (Å²) in [5.74, 6) is -0.121. The number of alkyl carbamates (subject to hydrolysis) is 1. The standard InChI is InChI=1S/C22H32N2O7.C3H8.H2/c1-13(2)28-15-10-9-14-11-16(23-19(26)29-21(3,4)5)18(25)24(17(14)12-15)31-20(27)30-22(6,7)8;1-3-2;/h9-10,12-13,16H,11H2,1-8H3,(H,23,26);3H2,1-2H3;1H/t16-;;/m0../s1. The third kappa shape index (κ3) is 9.89. The van der Waals surface area contributed by atoms with Crippen LogP contribution >= 0.6 is 0 Å². The van der Waals surface area contributed by atoms with Gasteiger partial charge >= 0.3 is 12.2 Å². The normalized spacial score (nSPS) is 15.6. The lowest BCUT2D eigenvalue weighted by Crippen LogP contribution is -2.54. The molecule has 9 heteroatoms. The Morgan fingerprint density at radius 3 is 2.15 bits per heavy atom. The van der Waals surface area contributed by atoms with E-state index in [9.17, 15) is 14.4 Å². The molecule has 34 heavy (non-hydrogen) atoms. The van der Waals surface area contributed by atoms with Crippen LogP contribution in [0.4, 0.5) is 15.3 Å². The molecule has 1 aromatic carbocycles. The summed E-state index contributed by atoms with van der Waals surface area (Å²) in [4.78, 5) is 42.9. The average Bonchev–Trinajstić information content (AvgIpc) is 2.62. The zero-order valence-corrected chi connectivity index (χ0v) is 22.1. The molecule has 0 spiro atoms. The van der Waals surface area contributed by atoms with E-state index in [2.05, 4.69) is 19.2 Å². The molecule has 1 atom stereocenters. The van der Waals surface area contributed by atoms with Crippen LogP contribution < -0.4 is 15.1 Å². The summed E-state index contributed by atoms with van der Waals surface area (Å²) in [5.41, 5.74) is -0.512. The summed E-state index contributed by atoms with van der Waals surface area (Å²) in [6, 6.07) is 4.14. The fraction of sp³-hybridized carbons (Fsp3) is 0.640. The monoisotopic (exact) mass is 482 g/mol. The summed E-state index contributed by atoms with van der Waals surface area (Å²) < 4.78 is 16.1. The minimum absolute atomic E-state index is 0. The molecule has 194 valence electrons. The van der Waals surface area contributed by atoms with Crippen molar-refractivity contribution in [3.8, 4) is 5.75 Å². The van der Waals surface area contributed by atoms with Crippen molar-refractivity contribution < 1.29 is 34.9 Å². The van der Waals surface area contributed by atoms with Crippen LogP contribution in [0.25, 0.3) is 0 Å². The molecule has 1 heterocycles. The molecule has 0 aliphatic carbocycles. The molecule has 2 rings (SSSR count). The molecule has 1 aromatic rings. The Hall–Kier alpha value is -2.97. The number of ether oxygens (including phenoxy) is 3. The van der Waals surface area contributed by atoms with E-state index in [-0.39, 0.29) is 14.0 Å². The van der Waals surface area contributed by atoms with Crippen molar-refractivity contribution in [2.45, 2.75) is 105 Å². The smallest absolute Gasteiger partial charge is 0.491 e. The Labute approximate surface area is 204 Å². The maximum atomic E-state index is 13.1. The highest BCUT2D eigenvalue weighted by molar-refractivity contribution is 6.01. The topological polar surface area (TPSA) is 103 Å². The second-order valence-electron chi connectivity index (χ2n) is 10.3. The van der Waals surface area contributed by atoms with Gasteiger partial charge in [-0.15, -0.1) is 5.06 Å². The van der Waals surface area contributed by atoms with E-state index in [0.717, 1.165) is 5.06 Å². The zero-order chi connectivity index (χ0) is 26.3. The number of nitrogens with zero attached hydrogens (tertiary/aromatic N) is 1. The van der Waals surface area contributed by atoms with E-state index in [1.54, 1.807) is 59.7 Å². The summed E-state index contributed by atoms with van der Waals surface area (Å²) in [7, 11) is 0. The molecule has 0 bridgehead atoms. The summed E-state index contributed by atoms with van der Waals surface area (Å²) in [6.45, 7) is 18.2. The first-order valence-electron chi connectivity index (χ1n) is 11.6. The van der Waals surface area contributed by atoms with Gasteiger partial charge in [0.2, 0.25) is 0 Å². The molecule has 1 aliphatic heterocycles. The zero-order valence-electron chi connectivity index (χ0n) is 22.1. The quantitative estimate of drug-likeness (QED) is 0.542. The van der Waals surface area contributed by atoms with Gasteiger partial charge in [-0.2, -0.15) is 0 Å². The number of rotatable bonds is 4. The van der Waals surface area contributed by atoms with E-state index < -0.39 is 35.4 Å². The number of hydrogen-bond donors (Lipinski definition) is 1. The number of carbonyl (C=O) groups excluding carboxylic acids is 3.